The number of hydrogen-bond donors (Lipinski definition) is 1. The van der Waals surface area contributed by atoms with E-state index in [-0.39, 0.29) is 11.5 Å². The van der Waals surface area contributed by atoms with Gasteiger partial charge in [-0.05, 0) is 31.1 Å². The average Bonchev–Trinajstić information content (AvgIpc) is 2.03. The zero-order valence-corrected chi connectivity index (χ0v) is 7.56. The zero-order valence-electron chi connectivity index (χ0n) is 7.56. The van der Waals surface area contributed by atoms with Gasteiger partial charge in [0.25, 0.3) is 0 Å². The van der Waals surface area contributed by atoms with E-state index in [0.29, 0.717) is 0 Å². The van der Waals surface area contributed by atoms with Gasteiger partial charge in [0.15, 0.2) is 0 Å². The molecule has 1 saturated carbocycles. The normalized spacial score (nSPS) is 31.5. The Labute approximate surface area is 69.1 Å². The van der Waals surface area contributed by atoms with E-state index < -0.39 is 0 Å². The van der Waals surface area contributed by atoms with Gasteiger partial charge in [0, 0.05) is 0 Å². The molecule has 1 rings (SSSR count). The molecule has 0 saturated heterocycles. The summed E-state index contributed by atoms with van der Waals surface area (Å²) < 4.78 is 0. The summed E-state index contributed by atoms with van der Waals surface area (Å²) in [6.07, 6.45) is 3.93. The van der Waals surface area contributed by atoms with Crippen molar-refractivity contribution in [1.82, 2.24) is 0 Å². The number of allylic oxidation sites excluding steroid dienone is 1. The molecule has 0 heterocycles. The first-order valence-electron chi connectivity index (χ1n) is 4.37. The molecule has 0 spiro atoms. The molecule has 1 N–H and O–H groups in total. The Hall–Kier alpha value is -0.300. The van der Waals surface area contributed by atoms with Crippen LogP contribution >= 0.6 is 0 Å². The summed E-state index contributed by atoms with van der Waals surface area (Å²) >= 11 is 0. The smallest absolute Gasteiger partial charge is 0.0594 e. The van der Waals surface area contributed by atoms with Gasteiger partial charge in [-0.15, -0.1) is 0 Å². The molecule has 0 radical (unpaired) electrons. The van der Waals surface area contributed by atoms with Gasteiger partial charge in [0.05, 0.1) is 6.10 Å². The minimum absolute atomic E-state index is 0.0967. The Balaban J connectivity index is 2.63. The van der Waals surface area contributed by atoms with E-state index >= 15 is 0 Å². The van der Waals surface area contributed by atoms with Gasteiger partial charge < -0.3 is 5.11 Å². The van der Waals surface area contributed by atoms with E-state index in [1.807, 2.05) is 0 Å². The lowest BCUT2D eigenvalue weighted by atomic mass is 9.82. The van der Waals surface area contributed by atoms with Crippen LogP contribution < -0.4 is 0 Å². The standard InChI is InChI=1S/C10H18O/c1-8-4-5-9(11)10(2,3)7-6-8/h9,11H,1,4-7H2,2-3H3. The molecule has 1 aliphatic carbocycles. The van der Waals surface area contributed by atoms with Crippen molar-refractivity contribution in [1.29, 1.82) is 0 Å². The highest BCUT2D eigenvalue weighted by molar-refractivity contribution is 5.00. The Kier molecular flexibility index (Phi) is 2.38. The molecule has 1 atom stereocenters. The molecule has 0 aromatic heterocycles. The Morgan fingerprint density at radius 2 is 2.09 bits per heavy atom. The molecule has 64 valence electrons. The summed E-state index contributed by atoms with van der Waals surface area (Å²) in [4.78, 5) is 0. The van der Waals surface area contributed by atoms with Gasteiger partial charge in [-0.2, -0.15) is 0 Å². The fourth-order valence-corrected chi connectivity index (χ4v) is 1.52. The highest BCUT2D eigenvalue weighted by Crippen LogP contribution is 2.35. The minimum atomic E-state index is -0.137. The second-order valence-corrected chi connectivity index (χ2v) is 4.29. The first kappa shape index (κ1) is 8.79. The highest BCUT2D eigenvalue weighted by atomic mass is 16.3. The molecular weight excluding hydrogens is 136 g/mol. The highest BCUT2D eigenvalue weighted by Gasteiger charge is 2.29. The lowest BCUT2D eigenvalue weighted by molar-refractivity contribution is 0.0446. The number of aliphatic hydroxyl groups excluding tert-OH is 1. The second-order valence-electron chi connectivity index (χ2n) is 4.29. The van der Waals surface area contributed by atoms with Crippen molar-refractivity contribution < 1.29 is 5.11 Å². The van der Waals surface area contributed by atoms with Crippen LogP contribution in [0.25, 0.3) is 0 Å². The summed E-state index contributed by atoms with van der Waals surface area (Å²) in [6, 6.07) is 0. The van der Waals surface area contributed by atoms with Gasteiger partial charge in [-0.3, -0.25) is 0 Å². The molecule has 1 nitrogen and oxygen atoms in total. The van der Waals surface area contributed by atoms with E-state index in [1.165, 1.54) is 5.57 Å². The van der Waals surface area contributed by atoms with Gasteiger partial charge >= 0.3 is 0 Å². The molecule has 0 amide bonds. The van der Waals surface area contributed by atoms with Crippen LogP contribution in [-0.4, -0.2) is 11.2 Å². The van der Waals surface area contributed by atoms with Crippen LogP contribution in [0.5, 0.6) is 0 Å². The third-order valence-corrected chi connectivity index (χ3v) is 2.80. The van der Waals surface area contributed by atoms with E-state index in [9.17, 15) is 5.11 Å². The first-order chi connectivity index (χ1) is 5.02. The van der Waals surface area contributed by atoms with Crippen LogP contribution in [0.1, 0.15) is 39.5 Å². The molecule has 0 aromatic carbocycles. The van der Waals surface area contributed by atoms with Gasteiger partial charge in [-0.25, -0.2) is 0 Å². The zero-order chi connectivity index (χ0) is 8.48. The maximum Gasteiger partial charge on any atom is 0.0594 e. The fraction of sp³-hybridized carbons (Fsp3) is 0.800. The largest absolute Gasteiger partial charge is 0.393 e. The van der Waals surface area contributed by atoms with Crippen molar-refractivity contribution in [3.63, 3.8) is 0 Å². The quantitative estimate of drug-likeness (QED) is 0.420. The summed E-state index contributed by atoms with van der Waals surface area (Å²) in [5.74, 6) is 0. The summed E-state index contributed by atoms with van der Waals surface area (Å²) in [7, 11) is 0. The Bertz CT molecular complexity index is 158. The maximum atomic E-state index is 9.69. The van der Waals surface area contributed by atoms with Crippen molar-refractivity contribution in [3.05, 3.63) is 12.2 Å². The van der Waals surface area contributed by atoms with E-state index in [4.69, 9.17) is 0 Å². The van der Waals surface area contributed by atoms with Crippen molar-refractivity contribution in [2.24, 2.45) is 5.41 Å². The maximum absolute atomic E-state index is 9.69. The number of rotatable bonds is 0. The lowest BCUT2D eigenvalue weighted by Gasteiger charge is -2.27. The SMILES string of the molecule is C=C1CCC(O)C(C)(C)CC1. The number of hydrogen-bond acceptors (Lipinski definition) is 1. The van der Waals surface area contributed by atoms with Crippen LogP contribution in [0.15, 0.2) is 12.2 Å². The predicted molar refractivity (Wildman–Crippen MR) is 47.4 cm³/mol. The summed E-state index contributed by atoms with van der Waals surface area (Å²) in [5, 5.41) is 9.69. The topological polar surface area (TPSA) is 20.2 Å². The summed E-state index contributed by atoms with van der Waals surface area (Å²) in [5.41, 5.74) is 1.40. The second kappa shape index (κ2) is 2.98. The third-order valence-electron chi connectivity index (χ3n) is 2.80. The van der Waals surface area contributed by atoms with E-state index in [1.54, 1.807) is 0 Å². The molecule has 11 heavy (non-hydrogen) atoms. The van der Waals surface area contributed by atoms with E-state index in [2.05, 4.69) is 20.4 Å². The molecule has 1 aliphatic rings. The van der Waals surface area contributed by atoms with Crippen LogP contribution in [0, 0.1) is 5.41 Å². The molecular formula is C10H18O. The van der Waals surface area contributed by atoms with Crippen molar-refractivity contribution in [2.75, 3.05) is 0 Å². The van der Waals surface area contributed by atoms with E-state index in [0.717, 1.165) is 25.7 Å². The minimum Gasteiger partial charge on any atom is -0.393 e. The molecule has 0 bridgehead atoms. The van der Waals surface area contributed by atoms with Crippen molar-refractivity contribution in [2.45, 2.75) is 45.6 Å². The predicted octanol–water partition coefficient (Wildman–Crippen LogP) is 2.50. The van der Waals surface area contributed by atoms with Gasteiger partial charge in [0.1, 0.15) is 0 Å². The van der Waals surface area contributed by atoms with Crippen LogP contribution in [-0.2, 0) is 0 Å². The molecule has 1 fully saturated rings. The van der Waals surface area contributed by atoms with Crippen LogP contribution in [0.2, 0.25) is 0 Å². The summed E-state index contributed by atoms with van der Waals surface area (Å²) in [6.45, 7) is 8.23. The molecule has 0 aliphatic heterocycles. The van der Waals surface area contributed by atoms with Crippen LogP contribution in [0.3, 0.4) is 0 Å². The molecule has 0 aromatic rings. The van der Waals surface area contributed by atoms with Gasteiger partial charge in [0.2, 0.25) is 0 Å². The van der Waals surface area contributed by atoms with Crippen LogP contribution in [0.4, 0.5) is 0 Å². The third kappa shape index (κ3) is 2.06. The monoisotopic (exact) mass is 154 g/mol. The molecule has 1 heteroatoms. The Morgan fingerprint density at radius 1 is 1.45 bits per heavy atom. The van der Waals surface area contributed by atoms with Crippen molar-refractivity contribution >= 4 is 0 Å². The number of aliphatic hydroxyl groups is 1. The first-order valence-corrected chi connectivity index (χ1v) is 4.37. The van der Waals surface area contributed by atoms with Gasteiger partial charge in [-0.1, -0.05) is 26.0 Å². The lowest BCUT2D eigenvalue weighted by Crippen LogP contribution is -2.27. The Morgan fingerprint density at radius 3 is 2.73 bits per heavy atom. The molecule has 1 unspecified atom stereocenters. The van der Waals surface area contributed by atoms with Crippen molar-refractivity contribution in [3.8, 4) is 0 Å². The fourth-order valence-electron chi connectivity index (χ4n) is 1.52. The average molecular weight is 154 g/mol.